The van der Waals surface area contributed by atoms with Crippen LogP contribution >= 0.6 is 12.4 Å². The third-order valence-corrected chi connectivity index (χ3v) is 2.10. The fourth-order valence-corrected chi connectivity index (χ4v) is 1.19. The van der Waals surface area contributed by atoms with Crippen LogP contribution in [0.15, 0.2) is 66.7 Å². The van der Waals surface area contributed by atoms with Gasteiger partial charge in [-0.25, -0.2) is 0 Å². The molecule has 0 atom stereocenters. The molecule has 0 aliphatic heterocycles. The molecule has 0 radical (unpaired) electrons. The molecule has 0 aliphatic rings. The van der Waals surface area contributed by atoms with Crippen LogP contribution < -0.4 is 5.32 Å². The van der Waals surface area contributed by atoms with Crippen LogP contribution in [0, 0.1) is 0 Å². The van der Waals surface area contributed by atoms with Gasteiger partial charge in [0.2, 0.25) is 0 Å². The van der Waals surface area contributed by atoms with Crippen LogP contribution in [0.2, 0.25) is 0 Å². The van der Waals surface area contributed by atoms with Crippen molar-refractivity contribution >= 4 is 24.1 Å². The van der Waals surface area contributed by atoms with E-state index in [4.69, 9.17) is 0 Å². The first-order chi connectivity index (χ1) is 8.83. The van der Waals surface area contributed by atoms with Crippen molar-refractivity contribution in [1.82, 2.24) is 0 Å². The summed E-state index contributed by atoms with van der Waals surface area (Å²) in [4.78, 5) is 10.7. The van der Waals surface area contributed by atoms with Crippen molar-refractivity contribution in [2.24, 2.45) is 0 Å². The lowest BCUT2D eigenvalue weighted by Crippen LogP contribution is -2.14. The normalized spacial score (nSPS) is 8.26. The number of carbonyl (C=O) groups excluding carboxylic acids is 1. The Morgan fingerprint density at radius 1 is 0.947 bits per heavy atom. The summed E-state index contributed by atoms with van der Waals surface area (Å²) in [5.74, 6) is -0.265. The zero-order valence-electron chi connectivity index (χ0n) is 10.8. The fraction of sp³-hybridized carbons (Fsp3) is 0.133. The molecule has 0 aromatic heterocycles. The summed E-state index contributed by atoms with van der Waals surface area (Å²) in [6.07, 6.45) is 0. The van der Waals surface area contributed by atoms with Crippen molar-refractivity contribution in [3.8, 4) is 0 Å². The summed E-state index contributed by atoms with van der Waals surface area (Å²) < 4.78 is 4.47. The van der Waals surface area contributed by atoms with E-state index in [9.17, 15) is 4.79 Å². The van der Waals surface area contributed by atoms with Gasteiger partial charge in [-0.3, -0.25) is 4.79 Å². The topological polar surface area (TPSA) is 38.3 Å². The van der Waals surface area contributed by atoms with Crippen molar-refractivity contribution < 1.29 is 9.53 Å². The molecule has 0 aliphatic carbocycles. The third-order valence-electron chi connectivity index (χ3n) is 2.10. The van der Waals surface area contributed by atoms with E-state index in [2.05, 4.69) is 10.1 Å². The summed E-state index contributed by atoms with van der Waals surface area (Å²) in [5, 5.41) is 2.92. The van der Waals surface area contributed by atoms with E-state index in [1.54, 1.807) is 0 Å². The minimum Gasteiger partial charge on any atom is -0.468 e. The number of carbonyl (C=O) groups is 1. The second kappa shape index (κ2) is 11.1. The molecule has 0 saturated carbocycles. The summed E-state index contributed by atoms with van der Waals surface area (Å²) >= 11 is 0. The Morgan fingerprint density at radius 2 is 1.37 bits per heavy atom. The van der Waals surface area contributed by atoms with Gasteiger partial charge >= 0.3 is 5.97 Å². The van der Waals surface area contributed by atoms with Gasteiger partial charge in [0, 0.05) is 5.69 Å². The highest BCUT2D eigenvalue weighted by Crippen LogP contribution is 2.03. The van der Waals surface area contributed by atoms with Crippen LogP contribution in [0.5, 0.6) is 0 Å². The predicted octanol–water partition coefficient (Wildman–Crippen LogP) is 3.38. The number of ether oxygens (including phenoxy) is 1. The summed E-state index contributed by atoms with van der Waals surface area (Å²) in [7, 11) is 1.37. The highest BCUT2D eigenvalue weighted by Gasteiger charge is 1.97. The number of hydrogen-bond acceptors (Lipinski definition) is 3. The lowest BCUT2D eigenvalue weighted by Gasteiger charge is -2.03. The Balaban J connectivity index is 0.000000392. The minimum atomic E-state index is -0.265. The van der Waals surface area contributed by atoms with Gasteiger partial charge in [0.25, 0.3) is 0 Å². The van der Waals surface area contributed by atoms with Gasteiger partial charge in [-0.2, -0.15) is 0 Å². The molecule has 0 bridgehead atoms. The molecule has 19 heavy (non-hydrogen) atoms. The second-order valence-corrected chi connectivity index (χ2v) is 3.45. The summed E-state index contributed by atoms with van der Waals surface area (Å²) in [6, 6.07) is 21.5. The van der Waals surface area contributed by atoms with E-state index < -0.39 is 0 Å². The van der Waals surface area contributed by atoms with Gasteiger partial charge in [0.05, 0.1) is 7.11 Å². The monoisotopic (exact) mass is 279 g/mol. The van der Waals surface area contributed by atoms with Crippen LogP contribution in [-0.2, 0) is 9.53 Å². The van der Waals surface area contributed by atoms with Gasteiger partial charge in [-0.15, -0.1) is 12.4 Å². The van der Waals surface area contributed by atoms with Crippen LogP contribution in [0.3, 0.4) is 0 Å². The molecule has 0 amide bonds. The summed E-state index contributed by atoms with van der Waals surface area (Å²) in [6.45, 7) is 0.209. The molecule has 102 valence electrons. The van der Waals surface area contributed by atoms with Gasteiger partial charge in [-0.1, -0.05) is 54.6 Å². The molecule has 2 aromatic carbocycles. The maximum absolute atomic E-state index is 10.7. The Hall–Kier alpha value is -2.00. The first kappa shape index (κ1) is 17.0. The largest absolute Gasteiger partial charge is 0.468 e. The molecule has 0 unspecified atom stereocenters. The molecule has 0 heterocycles. The molecule has 3 nitrogen and oxygen atoms in total. The van der Waals surface area contributed by atoms with Crippen molar-refractivity contribution in [3.63, 3.8) is 0 Å². The van der Waals surface area contributed by atoms with E-state index in [1.807, 2.05) is 66.7 Å². The minimum absolute atomic E-state index is 0. The number of anilines is 1. The molecule has 2 rings (SSSR count). The van der Waals surface area contributed by atoms with E-state index in [0.29, 0.717) is 0 Å². The third kappa shape index (κ3) is 8.69. The maximum atomic E-state index is 10.7. The van der Waals surface area contributed by atoms with Gasteiger partial charge in [-0.05, 0) is 12.1 Å². The molecule has 2 aromatic rings. The fourth-order valence-electron chi connectivity index (χ4n) is 1.19. The van der Waals surface area contributed by atoms with Crippen LogP contribution in [0.25, 0.3) is 0 Å². The van der Waals surface area contributed by atoms with Gasteiger partial charge < -0.3 is 10.1 Å². The van der Waals surface area contributed by atoms with Crippen molar-refractivity contribution in [2.75, 3.05) is 19.0 Å². The highest BCUT2D eigenvalue weighted by atomic mass is 35.5. The standard InChI is InChI=1S/C9H11NO2.C6H6.ClH/c1-12-9(11)7-10-8-5-3-2-4-6-8;1-2-4-6-5-3-1;/h2-6,10H,7H2,1H3;1-6H;1H. The SMILES string of the molecule is COC(=O)CNc1ccccc1.Cl.c1ccccc1. The van der Waals surface area contributed by atoms with Crippen LogP contribution in [0.4, 0.5) is 5.69 Å². The van der Waals surface area contributed by atoms with E-state index in [1.165, 1.54) is 7.11 Å². The predicted molar refractivity (Wildman–Crippen MR) is 80.6 cm³/mol. The molecule has 0 fully saturated rings. The highest BCUT2D eigenvalue weighted by molar-refractivity contribution is 5.85. The lowest BCUT2D eigenvalue weighted by molar-refractivity contribution is -0.138. The second-order valence-electron chi connectivity index (χ2n) is 3.45. The number of halogens is 1. The number of hydrogen-bond donors (Lipinski definition) is 1. The average Bonchev–Trinajstić information content (AvgIpc) is 2.48. The quantitative estimate of drug-likeness (QED) is 0.876. The van der Waals surface area contributed by atoms with Gasteiger partial charge in [0.1, 0.15) is 6.54 Å². The van der Waals surface area contributed by atoms with Gasteiger partial charge in [0.15, 0.2) is 0 Å². The van der Waals surface area contributed by atoms with Crippen LogP contribution in [0.1, 0.15) is 0 Å². The maximum Gasteiger partial charge on any atom is 0.325 e. The number of nitrogens with one attached hydrogen (secondary N) is 1. The number of benzene rings is 2. The lowest BCUT2D eigenvalue weighted by atomic mass is 10.3. The zero-order chi connectivity index (χ0) is 13.1. The summed E-state index contributed by atoms with van der Waals surface area (Å²) in [5.41, 5.74) is 0.919. The Kier molecular flexibility index (Phi) is 9.94. The molecule has 0 spiro atoms. The zero-order valence-corrected chi connectivity index (χ0v) is 11.6. The van der Waals surface area contributed by atoms with Crippen molar-refractivity contribution in [3.05, 3.63) is 66.7 Å². The van der Waals surface area contributed by atoms with Crippen molar-refractivity contribution in [1.29, 1.82) is 0 Å². The molecular formula is C15H18ClNO2. The Bertz CT molecular complexity index is 408. The molecular weight excluding hydrogens is 262 g/mol. The van der Waals surface area contributed by atoms with Crippen molar-refractivity contribution in [2.45, 2.75) is 0 Å². The molecule has 4 heteroatoms. The number of rotatable bonds is 3. The van der Waals surface area contributed by atoms with Crippen LogP contribution in [-0.4, -0.2) is 19.6 Å². The number of esters is 1. The smallest absolute Gasteiger partial charge is 0.325 e. The molecule has 0 saturated heterocycles. The first-order valence-corrected chi connectivity index (χ1v) is 5.68. The first-order valence-electron chi connectivity index (χ1n) is 5.68. The van der Waals surface area contributed by atoms with E-state index in [-0.39, 0.29) is 24.9 Å². The average molecular weight is 280 g/mol. The molecule has 1 N–H and O–H groups in total. The van der Waals surface area contributed by atoms with E-state index >= 15 is 0 Å². The Morgan fingerprint density at radius 3 is 1.79 bits per heavy atom. The Labute approximate surface area is 120 Å². The number of para-hydroxylation sites is 1. The van der Waals surface area contributed by atoms with E-state index in [0.717, 1.165) is 5.69 Å². The number of methoxy groups -OCH3 is 1.